The molecule has 0 aliphatic rings. The molecule has 4 heteroatoms. The van der Waals surface area contributed by atoms with Crippen LogP contribution in [0.15, 0.2) is 84.9 Å². The normalized spacial score (nSPS) is 11.2. The molecule has 132 valence electrons. The molecular formula is C22H19ClO3. The van der Waals surface area contributed by atoms with Gasteiger partial charge in [0, 0.05) is 12.1 Å². The maximum absolute atomic E-state index is 13.2. The van der Waals surface area contributed by atoms with Gasteiger partial charge in [-0.1, -0.05) is 84.4 Å². The molecule has 0 atom stereocenters. The van der Waals surface area contributed by atoms with Gasteiger partial charge in [-0.2, -0.15) is 0 Å². The zero-order chi connectivity index (χ0) is 18.4. The first kappa shape index (κ1) is 18.2. The number of benzene rings is 3. The van der Waals surface area contributed by atoms with E-state index in [4.69, 9.17) is 21.1 Å². The number of carbonyl (C=O) groups is 1. The van der Waals surface area contributed by atoms with Gasteiger partial charge in [0.2, 0.25) is 5.60 Å². The minimum absolute atomic E-state index is 0.140. The van der Waals surface area contributed by atoms with E-state index in [1.54, 1.807) is 12.1 Å². The molecule has 0 heterocycles. The summed E-state index contributed by atoms with van der Waals surface area (Å²) in [7, 11) is 1.52. The zero-order valence-electron chi connectivity index (χ0n) is 14.4. The smallest absolute Gasteiger partial charge is 0.348 e. The highest BCUT2D eigenvalue weighted by Crippen LogP contribution is 2.35. The second kappa shape index (κ2) is 8.17. The molecule has 3 rings (SSSR count). The topological polar surface area (TPSA) is 35.5 Å². The van der Waals surface area contributed by atoms with Crippen molar-refractivity contribution in [3.63, 3.8) is 0 Å². The standard InChI is InChI=1S/C22H19ClO3/c1-25-22(18-8-4-2-5-9-18,19-10-6-3-7-11-19)21(24)26-16-17-12-14-20(23)15-13-17/h2-15H,16H2,1H3. The van der Waals surface area contributed by atoms with Crippen LogP contribution >= 0.6 is 11.6 Å². The Morgan fingerprint density at radius 1 is 0.846 bits per heavy atom. The Morgan fingerprint density at radius 2 is 1.35 bits per heavy atom. The summed E-state index contributed by atoms with van der Waals surface area (Å²) in [4.78, 5) is 13.2. The first-order chi connectivity index (χ1) is 12.7. The maximum atomic E-state index is 13.2. The van der Waals surface area contributed by atoms with Crippen LogP contribution in [0.4, 0.5) is 0 Å². The van der Waals surface area contributed by atoms with Gasteiger partial charge in [0.15, 0.2) is 0 Å². The van der Waals surface area contributed by atoms with Crippen LogP contribution in [0.2, 0.25) is 5.02 Å². The molecule has 0 aliphatic heterocycles. The monoisotopic (exact) mass is 366 g/mol. The van der Waals surface area contributed by atoms with Crippen molar-refractivity contribution in [2.75, 3.05) is 7.11 Å². The Labute approximate surface area is 158 Å². The summed E-state index contributed by atoms with van der Waals surface area (Å²) in [5, 5.41) is 0.639. The van der Waals surface area contributed by atoms with Crippen LogP contribution in [0.25, 0.3) is 0 Å². The number of hydrogen-bond acceptors (Lipinski definition) is 3. The third-order valence-corrected chi connectivity index (χ3v) is 4.49. The van der Waals surface area contributed by atoms with Crippen molar-refractivity contribution in [2.45, 2.75) is 12.2 Å². The predicted octanol–water partition coefficient (Wildman–Crippen LogP) is 4.97. The van der Waals surface area contributed by atoms with Crippen molar-refractivity contribution in [1.29, 1.82) is 0 Å². The minimum Gasteiger partial charge on any atom is -0.458 e. The number of halogens is 1. The Morgan fingerprint density at radius 3 is 1.81 bits per heavy atom. The summed E-state index contributed by atoms with van der Waals surface area (Å²) in [6.45, 7) is 0.140. The highest BCUT2D eigenvalue weighted by molar-refractivity contribution is 6.30. The van der Waals surface area contributed by atoms with Crippen molar-refractivity contribution in [2.24, 2.45) is 0 Å². The second-order valence-corrected chi connectivity index (χ2v) is 6.26. The zero-order valence-corrected chi connectivity index (χ0v) is 15.1. The Bertz CT molecular complexity index is 806. The Hall–Kier alpha value is -2.62. The fraction of sp³-hybridized carbons (Fsp3) is 0.136. The molecule has 0 fully saturated rings. The first-order valence-electron chi connectivity index (χ1n) is 8.24. The molecule has 3 nitrogen and oxygen atoms in total. The van der Waals surface area contributed by atoms with Crippen LogP contribution < -0.4 is 0 Å². The molecule has 0 radical (unpaired) electrons. The molecule has 0 aromatic heterocycles. The van der Waals surface area contributed by atoms with Gasteiger partial charge in [-0.3, -0.25) is 0 Å². The third-order valence-electron chi connectivity index (χ3n) is 4.24. The molecule has 26 heavy (non-hydrogen) atoms. The molecule has 0 N–H and O–H groups in total. The van der Waals surface area contributed by atoms with E-state index in [0.29, 0.717) is 5.02 Å². The molecule has 0 amide bonds. The van der Waals surface area contributed by atoms with E-state index in [2.05, 4.69) is 0 Å². The quantitative estimate of drug-likeness (QED) is 0.577. The molecule has 0 unspecified atom stereocenters. The summed E-state index contributed by atoms with van der Waals surface area (Å²) in [6.07, 6.45) is 0. The fourth-order valence-electron chi connectivity index (χ4n) is 2.90. The average Bonchev–Trinajstić information content (AvgIpc) is 2.70. The highest BCUT2D eigenvalue weighted by atomic mass is 35.5. The Balaban J connectivity index is 1.95. The van der Waals surface area contributed by atoms with Crippen LogP contribution in [0.3, 0.4) is 0 Å². The van der Waals surface area contributed by atoms with Crippen molar-refractivity contribution in [1.82, 2.24) is 0 Å². The highest BCUT2D eigenvalue weighted by Gasteiger charge is 2.44. The summed E-state index contributed by atoms with van der Waals surface area (Å²) < 4.78 is 11.4. The summed E-state index contributed by atoms with van der Waals surface area (Å²) in [5.41, 5.74) is 0.966. The van der Waals surface area contributed by atoms with Gasteiger partial charge in [-0.15, -0.1) is 0 Å². The lowest BCUT2D eigenvalue weighted by atomic mass is 9.86. The van der Waals surface area contributed by atoms with Crippen LogP contribution in [0, 0.1) is 0 Å². The van der Waals surface area contributed by atoms with E-state index in [1.165, 1.54) is 7.11 Å². The van der Waals surface area contributed by atoms with Gasteiger partial charge in [0.1, 0.15) is 6.61 Å². The summed E-state index contributed by atoms with van der Waals surface area (Å²) >= 11 is 5.90. The van der Waals surface area contributed by atoms with Crippen molar-refractivity contribution in [3.05, 3.63) is 107 Å². The van der Waals surface area contributed by atoms with Crippen molar-refractivity contribution < 1.29 is 14.3 Å². The minimum atomic E-state index is -1.32. The molecule has 0 aliphatic carbocycles. The lowest BCUT2D eigenvalue weighted by Gasteiger charge is -2.31. The van der Waals surface area contributed by atoms with Gasteiger partial charge in [0.25, 0.3) is 0 Å². The number of ether oxygens (including phenoxy) is 2. The second-order valence-electron chi connectivity index (χ2n) is 5.82. The van der Waals surface area contributed by atoms with Gasteiger partial charge < -0.3 is 9.47 Å². The molecule has 0 saturated heterocycles. The predicted molar refractivity (Wildman–Crippen MR) is 102 cm³/mol. The van der Waals surface area contributed by atoms with E-state index in [1.807, 2.05) is 72.8 Å². The van der Waals surface area contributed by atoms with Crippen LogP contribution in [0.5, 0.6) is 0 Å². The number of rotatable bonds is 6. The number of esters is 1. The molecule has 3 aromatic rings. The van der Waals surface area contributed by atoms with E-state index >= 15 is 0 Å². The van der Waals surface area contributed by atoms with Crippen LogP contribution in [0.1, 0.15) is 16.7 Å². The van der Waals surface area contributed by atoms with E-state index < -0.39 is 11.6 Å². The van der Waals surface area contributed by atoms with Crippen LogP contribution in [-0.2, 0) is 26.5 Å². The van der Waals surface area contributed by atoms with Gasteiger partial charge in [-0.05, 0) is 28.8 Å². The Kier molecular flexibility index (Phi) is 5.71. The SMILES string of the molecule is COC(C(=O)OCc1ccc(Cl)cc1)(c1ccccc1)c1ccccc1. The largest absolute Gasteiger partial charge is 0.458 e. The molecule has 0 bridgehead atoms. The van der Waals surface area contributed by atoms with Crippen molar-refractivity contribution in [3.8, 4) is 0 Å². The third kappa shape index (κ3) is 3.64. The molecular weight excluding hydrogens is 348 g/mol. The van der Waals surface area contributed by atoms with E-state index in [9.17, 15) is 4.79 Å². The van der Waals surface area contributed by atoms with Gasteiger partial charge >= 0.3 is 5.97 Å². The number of methoxy groups -OCH3 is 1. The average molecular weight is 367 g/mol. The summed E-state index contributed by atoms with van der Waals surface area (Å²) in [6, 6.07) is 25.9. The van der Waals surface area contributed by atoms with Gasteiger partial charge in [0.05, 0.1) is 0 Å². The fourth-order valence-corrected chi connectivity index (χ4v) is 3.02. The van der Waals surface area contributed by atoms with Gasteiger partial charge in [-0.25, -0.2) is 4.79 Å². The van der Waals surface area contributed by atoms with Crippen molar-refractivity contribution >= 4 is 17.6 Å². The molecule has 3 aromatic carbocycles. The summed E-state index contributed by atoms with van der Waals surface area (Å²) in [5.74, 6) is -0.465. The maximum Gasteiger partial charge on any atom is 0.348 e. The molecule has 0 saturated carbocycles. The van der Waals surface area contributed by atoms with E-state index in [-0.39, 0.29) is 6.61 Å². The van der Waals surface area contributed by atoms with Crippen LogP contribution in [-0.4, -0.2) is 13.1 Å². The van der Waals surface area contributed by atoms with E-state index in [0.717, 1.165) is 16.7 Å². The molecule has 0 spiro atoms. The number of hydrogen-bond donors (Lipinski definition) is 0. The first-order valence-corrected chi connectivity index (χ1v) is 8.62. The number of carbonyl (C=O) groups excluding carboxylic acids is 1. The lowest BCUT2D eigenvalue weighted by Crippen LogP contribution is -2.40. The lowest BCUT2D eigenvalue weighted by molar-refractivity contribution is -0.166.